The molecule has 116 valence electrons. The van der Waals surface area contributed by atoms with Gasteiger partial charge < -0.3 is 5.73 Å². The molecule has 0 fully saturated rings. The standard InChI is InChI=1S/C12H9ClFN3O4S/c13-9-3-1-7(14)5-12(9)22(20,21)16-8-2-4-10(15)11(6-8)17(18)19/h1-6,16H,15H2. The van der Waals surface area contributed by atoms with Crippen LogP contribution < -0.4 is 10.5 Å². The fraction of sp³-hybridized carbons (Fsp3) is 0. The number of anilines is 2. The third kappa shape index (κ3) is 3.26. The fourth-order valence-corrected chi connectivity index (χ4v) is 3.22. The molecule has 2 aromatic rings. The summed E-state index contributed by atoms with van der Waals surface area (Å²) in [5.74, 6) is -0.784. The summed E-state index contributed by atoms with van der Waals surface area (Å²) in [6.45, 7) is 0. The van der Waals surface area contributed by atoms with E-state index >= 15 is 0 Å². The number of nitro benzene ring substituents is 1. The van der Waals surface area contributed by atoms with Crippen LogP contribution >= 0.6 is 11.6 Å². The molecule has 0 heterocycles. The average molecular weight is 346 g/mol. The van der Waals surface area contributed by atoms with E-state index in [1.54, 1.807) is 0 Å². The molecule has 0 amide bonds. The molecule has 0 aliphatic rings. The molecule has 0 spiro atoms. The number of halogens is 2. The highest BCUT2D eigenvalue weighted by atomic mass is 35.5. The molecule has 7 nitrogen and oxygen atoms in total. The first kappa shape index (κ1) is 16.0. The van der Waals surface area contributed by atoms with Gasteiger partial charge >= 0.3 is 0 Å². The van der Waals surface area contributed by atoms with Crippen molar-refractivity contribution in [3.05, 3.63) is 57.4 Å². The molecule has 0 aliphatic carbocycles. The predicted octanol–water partition coefficient (Wildman–Crippen LogP) is 2.77. The smallest absolute Gasteiger partial charge is 0.294 e. The van der Waals surface area contributed by atoms with Crippen molar-refractivity contribution in [3.8, 4) is 0 Å². The second-order valence-corrected chi connectivity index (χ2v) is 6.27. The van der Waals surface area contributed by atoms with Gasteiger partial charge in [0.05, 0.1) is 15.6 Å². The topological polar surface area (TPSA) is 115 Å². The van der Waals surface area contributed by atoms with Gasteiger partial charge in [-0.2, -0.15) is 0 Å². The molecule has 0 saturated carbocycles. The summed E-state index contributed by atoms with van der Waals surface area (Å²) in [5, 5.41) is 10.6. The summed E-state index contributed by atoms with van der Waals surface area (Å²) >= 11 is 5.74. The molecule has 22 heavy (non-hydrogen) atoms. The lowest BCUT2D eigenvalue weighted by molar-refractivity contribution is -0.383. The largest absolute Gasteiger partial charge is 0.393 e. The summed E-state index contributed by atoms with van der Waals surface area (Å²) in [6.07, 6.45) is 0. The van der Waals surface area contributed by atoms with E-state index in [4.69, 9.17) is 17.3 Å². The van der Waals surface area contributed by atoms with E-state index in [1.807, 2.05) is 0 Å². The van der Waals surface area contributed by atoms with Crippen molar-refractivity contribution in [2.45, 2.75) is 4.90 Å². The van der Waals surface area contributed by atoms with E-state index in [-0.39, 0.29) is 16.4 Å². The Kier molecular flexibility index (Phi) is 4.20. The lowest BCUT2D eigenvalue weighted by atomic mass is 10.2. The quantitative estimate of drug-likeness (QED) is 0.502. The highest BCUT2D eigenvalue weighted by Gasteiger charge is 2.21. The summed E-state index contributed by atoms with van der Waals surface area (Å²) < 4.78 is 39.6. The minimum Gasteiger partial charge on any atom is -0.393 e. The molecular weight excluding hydrogens is 337 g/mol. The molecule has 0 atom stereocenters. The molecule has 2 aromatic carbocycles. The summed E-state index contributed by atoms with van der Waals surface area (Å²) in [5.41, 5.74) is 4.76. The van der Waals surface area contributed by atoms with Crippen molar-refractivity contribution in [2.24, 2.45) is 0 Å². The monoisotopic (exact) mass is 345 g/mol. The molecule has 2 rings (SSSR count). The molecule has 0 radical (unpaired) electrons. The number of nitrogens with one attached hydrogen (secondary N) is 1. The number of rotatable bonds is 4. The molecular formula is C12H9ClFN3O4S. The zero-order valence-electron chi connectivity index (χ0n) is 10.8. The van der Waals surface area contributed by atoms with Crippen LogP contribution in [0.3, 0.4) is 0 Å². The highest BCUT2D eigenvalue weighted by molar-refractivity contribution is 7.92. The van der Waals surface area contributed by atoms with Crippen LogP contribution in [0.1, 0.15) is 0 Å². The van der Waals surface area contributed by atoms with Gasteiger partial charge in [0.2, 0.25) is 0 Å². The van der Waals surface area contributed by atoms with Crippen LogP contribution in [-0.2, 0) is 10.0 Å². The van der Waals surface area contributed by atoms with Crippen molar-refractivity contribution >= 4 is 38.7 Å². The third-order valence-electron chi connectivity index (χ3n) is 2.66. The Morgan fingerprint density at radius 2 is 1.91 bits per heavy atom. The normalized spacial score (nSPS) is 11.2. The number of benzene rings is 2. The van der Waals surface area contributed by atoms with Gasteiger partial charge in [-0.25, -0.2) is 12.8 Å². The molecule has 0 aliphatic heterocycles. The SMILES string of the molecule is Nc1ccc(NS(=O)(=O)c2cc(F)ccc2Cl)cc1[N+](=O)[O-]. The first-order valence-corrected chi connectivity index (χ1v) is 7.58. The average Bonchev–Trinajstić information content (AvgIpc) is 2.43. The maximum Gasteiger partial charge on any atom is 0.294 e. The summed E-state index contributed by atoms with van der Waals surface area (Å²) in [4.78, 5) is 9.56. The molecule has 10 heteroatoms. The minimum absolute atomic E-state index is 0.0961. The molecule has 0 bridgehead atoms. The molecule has 0 aromatic heterocycles. The van der Waals surface area contributed by atoms with E-state index < -0.39 is 31.3 Å². The van der Waals surface area contributed by atoms with Crippen molar-refractivity contribution in [3.63, 3.8) is 0 Å². The summed E-state index contributed by atoms with van der Waals surface area (Å²) in [7, 11) is -4.21. The Morgan fingerprint density at radius 1 is 1.23 bits per heavy atom. The first-order chi connectivity index (χ1) is 10.2. The van der Waals surface area contributed by atoms with Crippen LogP contribution in [0.5, 0.6) is 0 Å². The Balaban J connectivity index is 2.43. The number of hydrogen-bond donors (Lipinski definition) is 2. The maximum atomic E-state index is 13.2. The third-order valence-corrected chi connectivity index (χ3v) is 4.52. The Hall–Kier alpha value is -2.39. The van der Waals surface area contributed by atoms with Crippen molar-refractivity contribution in [1.29, 1.82) is 0 Å². The lowest BCUT2D eigenvalue weighted by Crippen LogP contribution is -2.14. The number of nitrogens with two attached hydrogens (primary N) is 1. The number of hydrogen-bond acceptors (Lipinski definition) is 5. The van der Waals surface area contributed by atoms with Gasteiger partial charge in [-0.15, -0.1) is 0 Å². The number of sulfonamides is 1. The Morgan fingerprint density at radius 3 is 2.55 bits per heavy atom. The fourth-order valence-electron chi connectivity index (χ4n) is 1.66. The zero-order valence-corrected chi connectivity index (χ0v) is 12.4. The molecule has 0 unspecified atom stereocenters. The van der Waals surface area contributed by atoms with Crippen molar-refractivity contribution in [2.75, 3.05) is 10.5 Å². The van der Waals surface area contributed by atoms with Gasteiger partial charge in [0.1, 0.15) is 16.4 Å². The van der Waals surface area contributed by atoms with E-state index in [0.717, 1.165) is 24.3 Å². The maximum absolute atomic E-state index is 13.2. The van der Waals surface area contributed by atoms with E-state index in [9.17, 15) is 22.9 Å². The second-order valence-electron chi connectivity index (χ2n) is 4.21. The molecule has 3 N–H and O–H groups in total. The van der Waals surface area contributed by atoms with Crippen LogP contribution in [0.2, 0.25) is 5.02 Å². The van der Waals surface area contributed by atoms with E-state index in [1.165, 1.54) is 12.1 Å². The van der Waals surface area contributed by atoms with Crippen LogP contribution in [0.4, 0.5) is 21.5 Å². The van der Waals surface area contributed by atoms with Gasteiger partial charge in [-0.1, -0.05) is 11.6 Å². The zero-order chi connectivity index (χ0) is 16.5. The first-order valence-electron chi connectivity index (χ1n) is 5.72. The lowest BCUT2D eigenvalue weighted by Gasteiger charge is -2.10. The predicted molar refractivity (Wildman–Crippen MR) is 79.7 cm³/mol. The highest BCUT2D eigenvalue weighted by Crippen LogP contribution is 2.28. The molecule has 0 saturated heterocycles. The minimum atomic E-state index is -4.21. The van der Waals surface area contributed by atoms with Crippen LogP contribution in [-0.4, -0.2) is 13.3 Å². The number of nitrogens with zero attached hydrogens (tertiary/aromatic N) is 1. The van der Waals surface area contributed by atoms with E-state index in [0.29, 0.717) is 0 Å². The van der Waals surface area contributed by atoms with Crippen LogP contribution in [0.25, 0.3) is 0 Å². The van der Waals surface area contributed by atoms with Crippen LogP contribution in [0.15, 0.2) is 41.3 Å². The van der Waals surface area contributed by atoms with Crippen molar-refractivity contribution < 1.29 is 17.7 Å². The van der Waals surface area contributed by atoms with Crippen molar-refractivity contribution in [1.82, 2.24) is 0 Å². The second kappa shape index (κ2) is 5.78. The van der Waals surface area contributed by atoms with Gasteiger partial charge in [0.15, 0.2) is 0 Å². The van der Waals surface area contributed by atoms with E-state index in [2.05, 4.69) is 4.72 Å². The van der Waals surface area contributed by atoms with Gasteiger partial charge in [-0.05, 0) is 30.3 Å². The Bertz CT molecular complexity index is 857. The summed E-state index contributed by atoms with van der Waals surface area (Å²) in [6, 6.07) is 6.24. The van der Waals surface area contributed by atoms with Gasteiger partial charge in [-0.3, -0.25) is 14.8 Å². The van der Waals surface area contributed by atoms with Crippen LogP contribution in [0, 0.1) is 15.9 Å². The van der Waals surface area contributed by atoms with Gasteiger partial charge in [0.25, 0.3) is 15.7 Å². The number of nitrogen functional groups attached to an aromatic ring is 1. The Labute approximate surface area is 129 Å². The van der Waals surface area contributed by atoms with Gasteiger partial charge in [0, 0.05) is 6.07 Å². The number of nitro groups is 1.